The fraction of sp³-hybridized carbons (Fsp3) is 0.214. The Balaban J connectivity index is 1.92. The number of carbonyl (C=O) groups is 1. The number of hydrogen-bond donors (Lipinski definition) is 0. The molecule has 0 spiro atoms. The molecule has 0 saturated heterocycles. The topological polar surface area (TPSA) is 39.4 Å². The molecule has 1 unspecified atom stereocenters. The van der Waals surface area contributed by atoms with Gasteiger partial charge in [0.1, 0.15) is 12.4 Å². The van der Waals surface area contributed by atoms with Gasteiger partial charge < -0.3 is 9.15 Å². The Bertz CT molecular complexity index is 473. The van der Waals surface area contributed by atoms with Gasteiger partial charge in [-0.1, -0.05) is 30.3 Å². The molecule has 2 rings (SSSR count). The molecule has 1 aromatic heterocycles. The average molecular weight is 230 g/mol. The van der Waals surface area contributed by atoms with Crippen LogP contribution in [0.2, 0.25) is 0 Å². The standard InChI is InChI=1S/C14H14O3/c1-11(12-5-3-2-4-6-12)16-10-14-8-7-13(9-15)17-14/h2-9,11H,10H2,1H3. The van der Waals surface area contributed by atoms with Gasteiger partial charge in [-0.05, 0) is 24.6 Å². The molecule has 0 aliphatic heterocycles. The Hall–Kier alpha value is -1.87. The summed E-state index contributed by atoms with van der Waals surface area (Å²) in [5.74, 6) is 0.992. The molecule has 17 heavy (non-hydrogen) atoms. The van der Waals surface area contributed by atoms with Crippen molar-refractivity contribution in [1.82, 2.24) is 0 Å². The molecular formula is C14H14O3. The molecular weight excluding hydrogens is 216 g/mol. The maximum Gasteiger partial charge on any atom is 0.185 e. The summed E-state index contributed by atoms with van der Waals surface area (Å²) in [6.45, 7) is 2.35. The molecule has 0 saturated carbocycles. The zero-order chi connectivity index (χ0) is 12.1. The highest BCUT2D eigenvalue weighted by Crippen LogP contribution is 2.18. The van der Waals surface area contributed by atoms with Crippen LogP contribution in [0.3, 0.4) is 0 Å². The van der Waals surface area contributed by atoms with Crippen LogP contribution in [0.1, 0.15) is 34.9 Å². The molecule has 3 heteroatoms. The van der Waals surface area contributed by atoms with Crippen molar-refractivity contribution in [3.63, 3.8) is 0 Å². The number of aldehydes is 1. The second kappa shape index (κ2) is 5.46. The van der Waals surface area contributed by atoms with E-state index in [9.17, 15) is 4.79 Å². The van der Waals surface area contributed by atoms with Gasteiger partial charge in [-0.15, -0.1) is 0 Å². The zero-order valence-corrected chi connectivity index (χ0v) is 9.63. The highest BCUT2D eigenvalue weighted by Gasteiger charge is 2.07. The van der Waals surface area contributed by atoms with E-state index in [0.717, 1.165) is 5.56 Å². The largest absolute Gasteiger partial charge is 0.456 e. The average Bonchev–Trinajstić information content (AvgIpc) is 2.85. The van der Waals surface area contributed by atoms with Crippen LogP contribution in [0.4, 0.5) is 0 Å². The van der Waals surface area contributed by atoms with Crippen molar-refractivity contribution < 1.29 is 13.9 Å². The van der Waals surface area contributed by atoms with E-state index in [1.807, 2.05) is 37.3 Å². The smallest absolute Gasteiger partial charge is 0.185 e. The maximum atomic E-state index is 10.4. The highest BCUT2D eigenvalue weighted by molar-refractivity contribution is 5.70. The molecule has 1 heterocycles. The van der Waals surface area contributed by atoms with Crippen molar-refractivity contribution in [2.45, 2.75) is 19.6 Å². The zero-order valence-electron chi connectivity index (χ0n) is 9.63. The number of benzene rings is 1. The van der Waals surface area contributed by atoms with Crippen LogP contribution >= 0.6 is 0 Å². The van der Waals surface area contributed by atoms with Crippen LogP contribution in [-0.2, 0) is 11.3 Å². The van der Waals surface area contributed by atoms with E-state index in [4.69, 9.17) is 9.15 Å². The lowest BCUT2D eigenvalue weighted by Gasteiger charge is -2.11. The number of ether oxygens (including phenoxy) is 1. The fourth-order valence-electron chi connectivity index (χ4n) is 1.56. The Morgan fingerprint density at radius 3 is 2.65 bits per heavy atom. The van der Waals surface area contributed by atoms with E-state index in [0.29, 0.717) is 24.4 Å². The molecule has 0 bridgehead atoms. The molecule has 0 radical (unpaired) electrons. The van der Waals surface area contributed by atoms with E-state index in [-0.39, 0.29) is 6.10 Å². The number of furan rings is 1. The minimum atomic E-state index is 0.000908. The third-order valence-electron chi connectivity index (χ3n) is 2.54. The summed E-state index contributed by atoms with van der Waals surface area (Å²) in [7, 11) is 0. The van der Waals surface area contributed by atoms with Gasteiger partial charge in [0.15, 0.2) is 12.0 Å². The first-order valence-corrected chi connectivity index (χ1v) is 5.50. The lowest BCUT2D eigenvalue weighted by atomic mass is 10.1. The first-order chi connectivity index (χ1) is 8.29. The molecule has 0 fully saturated rings. The van der Waals surface area contributed by atoms with Crippen LogP contribution in [-0.4, -0.2) is 6.29 Å². The lowest BCUT2D eigenvalue weighted by molar-refractivity contribution is 0.0416. The van der Waals surface area contributed by atoms with Crippen molar-refractivity contribution in [3.8, 4) is 0 Å². The molecule has 2 aromatic rings. The van der Waals surface area contributed by atoms with Crippen LogP contribution in [0.25, 0.3) is 0 Å². The van der Waals surface area contributed by atoms with Crippen molar-refractivity contribution in [1.29, 1.82) is 0 Å². The Labute approximate surface area is 100 Å². The molecule has 3 nitrogen and oxygen atoms in total. The Morgan fingerprint density at radius 2 is 2.00 bits per heavy atom. The quantitative estimate of drug-likeness (QED) is 0.739. The molecule has 0 aliphatic rings. The number of rotatable bonds is 5. The molecule has 88 valence electrons. The first-order valence-electron chi connectivity index (χ1n) is 5.50. The van der Waals surface area contributed by atoms with E-state index >= 15 is 0 Å². The van der Waals surface area contributed by atoms with Gasteiger partial charge in [-0.3, -0.25) is 4.79 Å². The summed E-state index contributed by atoms with van der Waals surface area (Å²) in [6.07, 6.45) is 0.686. The Morgan fingerprint density at radius 1 is 1.24 bits per heavy atom. The minimum Gasteiger partial charge on any atom is -0.456 e. The molecule has 0 N–H and O–H groups in total. The fourth-order valence-corrected chi connectivity index (χ4v) is 1.56. The summed E-state index contributed by atoms with van der Waals surface area (Å²) in [4.78, 5) is 10.4. The van der Waals surface area contributed by atoms with Crippen LogP contribution < -0.4 is 0 Å². The van der Waals surface area contributed by atoms with Crippen molar-refractivity contribution in [2.75, 3.05) is 0 Å². The molecule has 1 aromatic carbocycles. The summed E-state index contributed by atoms with van der Waals surface area (Å²) in [6, 6.07) is 13.4. The predicted molar refractivity (Wildman–Crippen MR) is 63.7 cm³/mol. The first kappa shape index (κ1) is 11.6. The maximum absolute atomic E-state index is 10.4. The molecule has 0 amide bonds. The number of hydrogen-bond acceptors (Lipinski definition) is 3. The van der Waals surface area contributed by atoms with E-state index in [2.05, 4.69) is 0 Å². The third kappa shape index (κ3) is 3.04. The Kier molecular flexibility index (Phi) is 3.73. The lowest BCUT2D eigenvalue weighted by Crippen LogP contribution is -1.99. The van der Waals surface area contributed by atoms with Crippen molar-refractivity contribution in [3.05, 3.63) is 59.5 Å². The van der Waals surface area contributed by atoms with E-state index in [1.54, 1.807) is 12.1 Å². The highest BCUT2D eigenvalue weighted by atomic mass is 16.5. The van der Waals surface area contributed by atoms with Crippen molar-refractivity contribution in [2.24, 2.45) is 0 Å². The summed E-state index contributed by atoms with van der Waals surface area (Å²) in [5, 5.41) is 0. The van der Waals surface area contributed by atoms with Gasteiger partial charge in [0, 0.05) is 0 Å². The molecule has 0 aliphatic carbocycles. The summed E-state index contributed by atoms with van der Waals surface area (Å²) < 4.78 is 10.9. The van der Waals surface area contributed by atoms with Crippen molar-refractivity contribution >= 4 is 6.29 Å². The van der Waals surface area contributed by atoms with Gasteiger partial charge in [0.2, 0.25) is 0 Å². The molecule has 1 atom stereocenters. The summed E-state index contributed by atoms with van der Waals surface area (Å²) in [5.41, 5.74) is 1.12. The number of carbonyl (C=O) groups excluding carboxylic acids is 1. The van der Waals surface area contributed by atoms with Crippen LogP contribution in [0.5, 0.6) is 0 Å². The van der Waals surface area contributed by atoms with Crippen LogP contribution in [0.15, 0.2) is 46.9 Å². The van der Waals surface area contributed by atoms with Gasteiger partial charge in [0.05, 0.1) is 6.10 Å². The monoisotopic (exact) mass is 230 g/mol. The van der Waals surface area contributed by atoms with Gasteiger partial charge >= 0.3 is 0 Å². The summed E-state index contributed by atoms with van der Waals surface area (Å²) >= 11 is 0. The second-order valence-electron chi connectivity index (χ2n) is 3.79. The van der Waals surface area contributed by atoms with E-state index < -0.39 is 0 Å². The van der Waals surface area contributed by atoms with Gasteiger partial charge in [-0.25, -0.2) is 0 Å². The minimum absolute atomic E-state index is 0.000908. The normalized spacial score (nSPS) is 12.3. The van der Waals surface area contributed by atoms with Crippen LogP contribution in [0, 0.1) is 0 Å². The SMILES string of the molecule is CC(OCc1ccc(C=O)o1)c1ccccc1. The predicted octanol–water partition coefficient (Wildman–Crippen LogP) is 3.37. The second-order valence-corrected chi connectivity index (χ2v) is 3.79. The van der Waals surface area contributed by atoms with Gasteiger partial charge in [0.25, 0.3) is 0 Å². The van der Waals surface area contributed by atoms with E-state index in [1.165, 1.54) is 0 Å². The van der Waals surface area contributed by atoms with Gasteiger partial charge in [-0.2, -0.15) is 0 Å². The third-order valence-corrected chi connectivity index (χ3v) is 2.54.